The van der Waals surface area contributed by atoms with Gasteiger partial charge in [0.25, 0.3) is 5.91 Å². The van der Waals surface area contributed by atoms with E-state index in [0.29, 0.717) is 19.6 Å². The van der Waals surface area contributed by atoms with E-state index in [0.717, 1.165) is 22.3 Å². The highest BCUT2D eigenvalue weighted by molar-refractivity contribution is 5.91. The zero-order valence-corrected chi connectivity index (χ0v) is 20.0. The van der Waals surface area contributed by atoms with Crippen molar-refractivity contribution < 1.29 is 29.0 Å². The fraction of sp³-hybridized carbons (Fsp3) is 0.444. The first-order valence-corrected chi connectivity index (χ1v) is 11.9. The number of hydrogen-bond acceptors (Lipinski definition) is 5. The van der Waals surface area contributed by atoms with E-state index in [4.69, 9.17) is 9.47 Å². The number of likely N-dealkylation sites (tertiary alicyclic amines) is 1. The van der Waals surface area contributed by atoms with Gasteiger partial charge in [-0.2, -0.15) is 0 Å². The molecule has 0 spiro atoms. The number of hydrogen-bond donors (Lipinski definition) is 2. The van der Waals surface area contributed by atoms with E-state index in [1.807, 2.05) is 50.2 Å². The molecule has 2 fully saturated rings. The van der Waals surface area contributed by atoms with Crippen LogP contribution in [0, 0.1) is 11.3 Å². The molecule has 2 amide bonds. The monoisotopic (exact) mass is 478 g/mol. The maximum Gasteiger partial charge on any atom is 0.408 e. The molecule has 0 radical (unpaired) electrons. The summed E-state index contributed by atoms with van der Waals surface area (Å²) in [5.74, 6) is -2.00. The van der Waals surface area contributed by atoms with Crippen molar-refractivity contribution in [1.82, 2.24) is 10.2 Å². The Kier molecular flexibility index (Phi) is 5.79. The average Bonchev–Trinajstić information content (AvgIpc) is 3.52. The summed E-state index contributed by atoms with van der Waals surface area (Å²) in [5, 5.41) is 12.4. The third-order valence-corrected chi connectivity index (χ3v) is 7.65. The van der Waals surface area contributed by atoms with E-state index in [1.54, 1.807) is 0 Å². The number of nitrogens with zero attached hydrogens (tertiary/aromatic N) is 1. The van der Waals surface area contributed by atoms with Crippen LogP contribution in [0.1, 0.15) is 37.3 Å². The molecule has 1 aliphatic carbocycles. The highest BCUT2D eigenvalue weighted by atomic mass is 16.6. The van der Waals surface area contributed by atoms with Gasteiger partial charge in [-0.3, -0.25) is 9.59 Å². The second-order valence-electron chi connectivity index (χ2n) is 10.4. The Morgan fingerprint density at radius 3 is 2.26 bits per heavy atom. The van der Waals surface area contributed by atoms with E-state index in [2.05, 4.69) is 17.4 Å². The molecule has 2 N–H and O–H groups in total. The number of benzene rings is 2. The quantitative estimate of drug-likeness (QED) is 0.684. The number of nitrogens with one attached hydrogen (secondary N) is 1. The van der Waals surface area contributed by atoms with Gasteiger partial charge in [0.1, 0.15) is 12.1 Å². The van der Waals surface area contributed by atoms with E-state index >= 15 is 0 Å². The minimum atomic E-state index is -1.26. The molecule has 0 bridgehead atoms. The van der Waals surface area contributed by atoms with Gasteiger partial charge in [0.05, 0.1) is 12.5 Å². The minimum absolute atomic E-state index is 0.0324. The molecule has 8 heteroatoms. The number of carbonyl (C=O) groups is 3. The van der Waals surface area contributed by atoms with Gasteiger partial charge in [-0.05, 0) is 27.7 Å². The van der Waals surface area contributed by atoms with Gasteiger partial charge in [-0.25, -0.2) is 4.79 Å². The normalized spacial score (nSPS) is 24.6. The SMILES string of the molecule is CC1(C)CN(C(=O)C2(NC(=O)OCC3c4ccccc4-c4ccccc43)CCOC2)CC1C(=O)O. The van der Waals surface area contributed by atoms with Gasteiger partial charge < -0.3 is 24.8 Å². The molecule has 184 valence electrons. The van der Waals surface area contributed by atoms with Crippen molar-refractivity contribution in [1.29, 1.82) is 0 Å². The highest BCUT2D eigenvalue weighted by Crippen LogP contribution is 2.44. The average molecular weight is 479 g/mol. The molecule has 2 aliphatic heterocycles. The number of carboxylic acids is 1. The lowest BCUT2D eigenvalue weighted by molar-refractivity contribution is -0.144. The molecular formula is C27H30N2O6. The van der Waals surface area contributed by atoms with Crippen LogP contribution < -0.4 is 5.32 Å². The maximum atomic E-state index is 13.5. The predicted molar refractivity (Wildman–Crippen MR) is 128 cm³/mol. The number of alkyl carbamates (subject to hydrolysis) is 1. The molecule has 2 atom stereocenters. The van der Waals surface area contributed by atoms with Crippen molar-refractivity contribution in [3.05, 3.63) is 59.7 Å². The molecular weight excluding hydrogens is 448 g/mol. The largest absolute Gasteiger partial charge is 0.481 e. The Labute approximate surface area is 204 Å². The summed E-state index contributed by atoms with van der Waals surface area (Å²) >= 11 is 0. The number of carbonyl (C=O) groups excluding carboxylic acids is 2. The topological polar surface area (TPSA) is 105 Å². The Morgan fingerprint density at radius 1 is 1.09 bits per heavy atom. The van der Waals surface area contributed by atoms with Gasteiger partial charge in [-0.15, -0.1) is 0 Å². The summed E-state index contributed by atoms with van der Waals surface area (Å²) in [7, 11) is 0. The van der Waals surface area contributed by atoms with Crippen LogP contribution in [0.25, 0.3) is 11.1 Å². The van der Waals surface area contributed by atoms with Crippen molar-refractivity contribution in [2.45, 2.75) is 31.7 Å². The van der Waals surface area contributed by atoms with Crippen molar-refractivity contribution in [2.24, 2.45) is 11.3 Å². The van der Waals surface area contributed by atoms with Crippen molar-refractivity contribution >= 4 is 18.0 Å². The number of fused-ring (bicyclic) bond motifs is 3. The van der Waals surface area contributed by atoms with Crippen LogP contribution in [0.3, 0.4) is 0 Å². The molecule has 5 rings (SSSR count). The summed E-state index contributed by atoms with van der Waals surface area (Å²) in [6.07, 6.45) is -0.371. The maximum absolute atomic E-state index is 13.5. The summed E-state index contributed by atoms with van der Waals surface area (Å²) < 4.78 is 11.2. The third kappa shape index (κ3) is 4.05. The lowest BCUT2D eigenvalue weighted by Crippen LogP contribution is -2.60. The molecule has 2 heterocycles. The smallest absolute Gasteiger partial charge is 0.408 e. The molecule has 0 aromatic heterocycles. The van der Waals surface area contributed by atoms with Gasteiger partial charge in [0.15, 0.2) is 0 Å². The number of aliphatic carboxylic acids is 1. The fourth-order valence-corrected chi connectivity index (χ4v) is 5.72. The molecule has 2 aromatic rings. The molecule has 2 unspecified atom stereocenters. The first-order valence-electron chi connectivity index (χ1n) is 11.9. The second kappa shape index (κ2) is 8.68. The molecule has 0 saturated carbocycles. The summed E-state index contributed by atoms with van der Waals surface area (Å²) in [6, 6.07) is 16.2. The van der Waals surface area contributed by atoms with Gasteiger partial charge in [0.2, 0.25) is 0 Å². The van der Waals surface area contributed by atoms with E-state index in [9.17, 15) is 19.5 Å². The number of rotatable bonds is 5. The molecule has 2 aromatic carbocycles. The standard InChI is InChI=1S/C27H30N2O6/c1-26(2)15-29(13-22(26)23(30)31)24(32)27(11-12-34-16-27)28-25(33)35-14-21-19-9-5-3-7-17(19)18-8-4-6-10-20(18)21/h3-10,21-22H,11-16H2,1-2H3,(H,28,33)(H,30,31). The fourth-order valence-electron chi connectivity index (χ4n) is 5.72. The second-order valence-corrected chi connectivity index (χ2v) is 10.4. The van der Waals surface area contributed by atoms with Crippen LogP contribution in [0.2, 0.25) is 0 Å². The number of carboxylic acid groups (broad SMARTS) is 1. The van der Waals surface area contributed by atoms with E-state index in [-0.39, 0.29) is 31.6 Å². The summed E-state index contributed by atoms with van der Waals surface area (Å²) in [4.78, 5) is 39.7. The van der Waals surface area contributed by atoms with E-state index < -0.39 is 28.9 Å². The van der Waals surface area contributed by atoms with Crippen molar-refractivity contribution in [2.75, 3.05) is 32.9 Å². The molecule has 2 saturated heterocycles. The lowest BCUT2D eigenvalue weighted by Gasteiger charge is -2.32. The van der Waals surface area contributed by atoms with Gasteiger partial charge in [0, 0.05) is 32.0 Å². The Bertz CT molecular complexity index is 1120. The third-order valence-electron chi connectivity index (χ3n) is 7.65. The first kappa shape index (κ1) is 23.4. The van der Waals surface area contributed by atoms with Crippen molar-refractivity contribution in [3.63, 3.8) is 0 Å². The number of ether oxygens (including phenoxy) is 2. The number of amides is 2. The zero-order chi connectivity index (χ0) is 24.8. The minimum Gasteiger partial charge on any atom is -0.481 e. The summed E-state index contributed by atoms with van der Waals surface area (Å²) in [5.41, 5.74) is 2.67. The predicted octanol–water partition coefficient (Wildman–Crippen LogP) is 3.25. The Hall–Kier alpha value is -3.39. The van der Waals surface area contributed by atoms with Crippen LogP contribution in [-0.2, 0) is 19.1 Å². The highest BCUT2D eigenvalue weighted by Gasteiger charge is 2.52. The van der Waals surface area contributed by atoms with Crippen LogP contribution in [0.5, 0.6) is 0 Å². The molecule has 8 nitrogen and oxygen atoms in total. The Balaban J connectivity index is 1.29. The first-order chi connectivity index (χ1) is 16.7. The van der Waals surface area contributed by atoms with Crippen LogP contribution in [0.15, 0.2) is 48.5 Å². The van der Waals surface area contributed by atoms with Gasteiger partial charge >= 0.3 is 12.1 Å². The molecule has 35 heavy (non-hydrogen) atoms. The summed E-state index contributed by atoms with van der Waals surface area (Å²) in [6.45, 7) is 4.60. The zero-order valence-electron chi connectivity index (χ0n) is 20.0. The lowest BCUT2D eigenvalue weighted by atomic mass is 9.82. The van der Waals surface area contributed by atoms with Crippen LogP contribution in [0.4, 0.5) is 4.79 Å². The van der Waals surface area contributed by atoms with E-state index in [1.165, 1.54) is 4.90 Å². The van der Waals surface area contributed by atoms with Crippen molar-refractivity contribution in [3.8, 4) is 11.1 Å². The van der Waals surface area contributed by atoms with Crippen LogP contribution >= 0.6 is 0 Å². The van der Waals surface area contributed by atoms with Gasteiger partial charge in [-0.1, -0.05) is 62.4 Å². The van der Waals surface area contributed by atoms with Crippen LogP contribution in [-0.4, -0.2) is 66.4 Å². The molecule has 3 aliphatic rings. The Morgan fingerprint density at radius 2 is 1.71 bits per heavy atom.